The maximum absolute atomic E-state index is 10.2. The summed E-state index contributed by atoms with van der Waals surface area (Å²) in [4.78, 5) is 0. The van der Waals surface area contributed by atoms with Gasteiger partial charge in [0.2, 0.25) is 0 Å². The van der Waals surface area contributed by atoms with Gasteiger partial charge in [-0.2, -0.15) is 0 Å². The Morgan fingerprint density at radius 2 is 2.05 bits per heavy atom. The molecule has 0 radical (unpaired) electrons. The van der Waals surface area contributed by atoms with Crippen molar-refractivity contribution in [2.24, 2.45) is 5.92 Å². The van der Waals surface area contributed by atoms with Crippen LogP contribution in [0.2, 0.25) is 0 Å². The van der Waals surface area contributed by atoms with Crippen LogP contribution in [-0.2, 0) is 6.42 Å². The molecule has 1 fully saturated rings. The number of rotatable bonds is 6. The van der Waals surface area contributed by atoms with E-state index in [9.17, 15) is 5.11 Å². The van der Waals surface area contributed by atoms with Crippen LogP contribution in [0.4, 0.5) is 0 Å². The van der Waals surface area contributed by atoms with E-state index >= 15 is 0 Å². The summed E-state index contributed by atoms with van der Waals surface area (Å²) in [6, 6.07) is 6.17. The maximum Gasteiger partial charge on any atom is 0.122 e. The third kappa shape index (κ3) is 4.24. The molecule has 19 heavy (non-hydrogen) atoms. The number of aliphatic hydroxyl groups excluding tert-OH is 1. The van der Waals surface area contributed by atoms with E-state index in [2.05, 4.69) is 13.0 Å². The van der Waals surface area contributed by atoms with E-state index in [4.69, 9.17) is 4.74 Å². The molecule has 0 saturated heterocycles. The summed E-state index contributed by atoms with van der Waals surface area (Å²) >= 11 is 0. The fraction of sp³-hybridized carbons (Fsp3) is 0.647. The lowest BCUT2D eigenvalue weighted by atomic mass is 9.96. The zero-order valence-corrected chi connectivity index (χ0v) is 12.2. The number of ether oxygens (including phenoxy) is 1. The van der Waals surface area contributed by atoms with Gasteiger partial charge in [0, 0.05) is 6.42 Å². The first kappa shape index (κ1) is 14.4. The lowest BCUT2D eigenvalue weighted by molar-refractivity contribution is 0.154. The Kier molecular flexibility index (Phi) is 5.26. The molecule has 1 N–H and O–H groups in total. The van der Waals surface area contributed by atoms with Crippen LogP contribution >= 0.6 is 0 Å². The third-order valence-electron chi connectivity index (χ3n) is 4.27. The Bertz CT molecular complexity index is 394. The summed E-state index contributed by atoms with van der Waals surface area (Å²) < 4.78 is 5.37. The van der Waals surface area contributed by atoms with Gasteiger partial charge >= 0.3 is 0 Å². The minimum Gasteiger partial charge on any atom is -0.496 e. The topological polar surface area (TPSA) is 29.5 Å². The molecule has 0 aromatic heterocycles. The molecule has 0 aliphatic heterocycles. The Morgan fingerprint density at radius 3 is 2.74 bits per heavy atom. The standard InChI is InChI=1S/C17H26O2/c1-13-7-10-17(19-2)15(11-13)12-16(18)9-8-14-5-3-4-6-14/h7,10-11,14,16,18H,3-6,8-9,12H2,1-2H3. The molecule has 1 unspecified atom stereocenters. The molecule has 2 nitrogen and oxygen atoms in total. The second-order valence-corrected chi connectivity index (χ2v) is 5.90. The van der Waals surface area contributed by atoms with Crippen LogP contribution in [0, 0.1) is 12.8 Å². The normalized spacial score (nSPS) is 17.6. The molecular formula is C17H26O2. The Hall–Kier alpha value is -1.02. The summed E-state index contributed by atoms with van der Waals surface area (Å²) in [5, 5.41) is 10.2. The van der Waals surface area contributed by atoms with Crippen molar-refractivity contribution in [3.05, 3.63) is 29.3 Å². The molecule has 1 aliphatic carbocycles. The molecule has 2 rings (SSSR count). The van der Waals surface area contributed by atoms with Gasteiger partial charge in [0.25, 0.3) is 0 Å². The second-order valence-electron chi connectivity index (χ2n) is 5.90. The number of aliphatic hydroxyl groups is 1. The van der Waals surface area contributed by atoms with Crippen LogP contribution in [0.3, 0.4) is 0 Å². The number of methoxy groups -OCH3 is 1. The van der Waals surface area contributed by atoms with Crippen molar-refractivity contribution in [2.45, 2.75) is 58.0 Å². The summed E-state index contributed by atoms with van der Waals surface area (Å²) in [7, 11) is 1.69. The fourth-order valence-electron chi connectivity index (χ4n) is 3.15. The quantitative estimate of drug-likeness (QED) is 0.843. The van der Waals surface area contributed by atoms with E-state index in [-0.39, 0.29) is 6.10 Å². The van der Waals surface area contributed by atoms with Gasteiger partial charge in [-0.1, -0.05) is 43.4 Å². The van der Waals surface area contributed by atoms with E-state index in [1.165, 1.54) is 37.7 Å². The fourth-order valence-corrected chi connectivity index (χ4v) is 3.15. The monoisotopic (exact) mass is 262 g/mol. The first-order chi connectivity index (χ1) is 9.19. The van der Waals surface area contributed by atoms with Crippen LogP contribution in [-0.4, -0.2) is 18.3 Å². The predicted molar refractivity (Wildman–Crippen MR) is 78.6 cm³/mol. The highest BCUT2D eigenvalue weighted by Crippen LogP contribution is 2.30. The molecule has 106 valence electrons. The Morgan fingerprint density at radius 1 is 1.32 bits per heavy atom. The van der Waals surface area contributed by atoms with Gasteiger partial charge in [-0.05, 0) is 37.3 Å². The van der Waals surface area contributed by atoms with Gasteiger partial charge in [-0.25, -0.2) is 0 Å². The molecule has 0 amide bonds. The highest BCUT2D eigenvalue weighted by atomic mass is 16.5. The van der Waals surface area contributed by atoms with Gasteiger partial charge in [0.05, 0.1) is 13.2 Å². The summed E-state index contributed by atoms with van der Waals surface area (Å²) in [5.41, 5.74) is 2.35. The molecule has 1 atom stereocenters. The van der Waals surface area contributed by atoms with E-state index in [1.54, 1.807) is 7.11 Å². The van der Waals surface area contributed by atoms with E-state index in [1.807, 2.05) is 12.1 Å². The lowest BCUT2D eigenvalue weighted by Crippen LogP contribution is -2.13. The molecule has 0 bridgehead atoms. The third-order valence-corrected chi connectivity index (χ3v) is 4.27. The maximum atomic E-state index is 10.2. The molecule has 0 heterocycles. The van der Waals surface area contributed by atoms with Crippen molar-refractivity contribution in [3.8, 4) is 5.75 Å². The van der Waals surface area contributed by atoms with E-state index in [0.29, 0.717) is 6.42 Å². The average molecular weight is 262 g/mol. The number of hydrogen-bond donors (Lipinski definition) is 1. The summed E-state index contributed by atoms with van der Waals surface area (Å²) in [5.74, 6) is 1.75. The lowest BCUT2D eigenvalue weighted by Gasteiger charge is -2.16. The van der Waals surface area contributed by atoms with Crippen LogP contribution in [0.5, 0.6) is 5.75 Å². The molecule has 1 aromatic rings. The van der Waals surface area contributed by atoms with Crippen molar-refractivity contribution < 1.29 is 9.84 Å². The van der Waals surface area contributed by atoms with Crippen molar-refractivity contribution >= 4 is 0 Å². The van der Waals surface area contributed by atoms with Crippen molar-refractivity contribution in [1.29, 1.82) is 0 Å². The minimum atomic E-state index is -0.240. The first-order valence-electron chi connectivity index (χ1n) is 7.50. The zero-order chi connectivity index (χ0) is 13.7. The smallest absolute Gasteiger partial charge is 0.122 e. The van der Waals surface area contributed by atoms with Crippen LogP contribution in [0.1, 0.15) is 49.7 Å². The molecular weight excluding hydrogens is 236 g/mol. The van der Waals surface area contributed by atoms with Gasteiger partial charge in [0.1, 0.15) is 5.75 Å². The zero-order valence-electron chi connectivity index (χ0n) is 12.2. The second kappa shape index (κ2) is 6.95. The summed E-state index contributed by atoms with van der Waals surface area (Å²) in [6.07, 6.45) is 8.05. The highest BCUT2D eigenvalue weighted by Gasteiger charge is 2.17. The largest absolute Gasteiger partial charge is 0.496 e. The van der Waals surface area contributed by atoms with Crippen molar-refractivity contribution in [1.82, 2.24) is 0 Å². The van der Waals surface area contributed by atoms with Crippen molar-refractivity contribution in [2.75, 3.05) is 7.11 Å². The predicted octanol–water partition coefficient (Wildman–Crippen LogP) is 3.88. The average Bonchev–Trinajstić information content (AvgIpc) is 2.90. The van der Waals surface area contributed by atoms with Gasteiger partial charge < -0.3 is 9.84 Å². The van der Waals surface area contributed by atoms with Crippen LogP contribution in [0.15, 0.2) is 18.2 Å². The first-order valence-corrected chi connectivity index (χ1v) is 7.50. The van der Waals surface area contributed by atoms with Crippen LogP contribution in [0.25, 0.3) is 0 Å². The summed E-state index contributed by atoms with van der Waals surface area (Å²) in [6.45, 7) is 2.08. The molecule has 1 aliphatic rings. The molecule has 1 aromatic carbocycles. The van der Waals surface area contributed by atoms with Gasteiger partial charge in [-0.3, -0.25) is 0 Å². The molecule has 1 saturated carbocycles. The number of benzene rings is 1. The van der Waals surface area contributed by atoms with E-state index in [0.717, 1.165) is 23.7 Å². The van der Waals surface area contributed by atoms with Gasteiger partial charge in [-0.15, -0.1) is 0 Å². The minimum absolute atomic E-state index is 0.240. The van der Waals surface area contributed by atoms with E-state index < -0.39 is 0 Å². The van der Waals surface area contributed by atoms with Gasteiger partial charge in [0.15, 0.2) is 0 Å². The number of aryl methyl sites for hydroxylation is 1. The van der Waals surface area contributed by atoms with Crippen LogP contribution < -0.4 is 4.74 Å². The highest BCUT2D eigenvalue weighted by molar-refractivity contribution is 5.37. The SMILES string of the molecule is COc1ccc(C)cc1CC(O)CCC1CCCC1. The molecule has 2 heteroatoms. The Labute approximate surface area is 116 Å². The number of hydrogen-bond acceptors (Lipinski definition) is 2. The van der Waals surface area contributed by atoms with Crippen molar-refractivity contribution in [3.63, 3.8) is 0 Å². The molecule has 0 spiro atoms. The Balaban J connectivity index is 1.86.